The minimum atomic E-state index is -0.202. The molecule has 4 heteroatoms. The van der Waals surface area contributed by atoms with Crippen LogP contribution in [0.1, 0.15) is 5.56 Å². The molecule has 1 aromatic heterocycles. The van der Waals surface area contributed by atoms with Gasteiger partial charge in [-0.3, -0.25) is 0 Å². The van der Waals surface area contributed by atoms with Crippen LogP contribution in [0.3, 0.4) is 0 Å². The molecule has 2 aromatic rings. The second-order valence-corrected chi connectivity index (χ2v) is 3.87. The van der Waals surface area contributed by atoms with Gasteiger partial charge in [-0.2, -0.15) is 4.98 Å². The third-order valence-electron chi connectivity index (χ3n) is 2.54. The first-order valence-corrected chi connectivity index (χ1v) is 5.77. The molecule has 0 aliphatic rings. The summed E-state index contributed by atoms with van der Waals surface area (Å²) in [5, 5.41) is 3.17. The van der Waals surface area contributed by atoms with E-state index in [1.165, 1.54) is 6.07 Å². The first kappa shape index (κ1) is 12.4. The summed E-state index contributed by atoms with van der Waals surface area (Å²) in [6, 6.07) is 12.1. The Morgan fingerprint density at radius 1 is 1.22 bits per heavy atom. The summed E-state index contributed by atoms with van der Waals surface area (Å²) in [6.45, 7) is 0.698. The van der Waals surface area contributed by atoms with Gasteiger partial charge in [0, 0.05) is 12.6 Å². The van der Waals surface area contributed by atoms with E-state index in [9.17, 15) is 4.39 Å². The van der Waals surface area contributed by atoms with Crippen LogP contribution in [-0.4, -0.2) is 18.6 Å². The van der Waals surface area contributed by atoms with E-state index in [4.69, 9.17) is 4.74 Å². The molecule has 1 N–H and O–H groups in total. The fourth-order valence-corrected chi connectivity index (χ4v) is 1.65. The van der Waals surface area contributed by atoms with Gasteiger partial charge in [0.2, 0.25) is 5.88 Å². The molecule has 0 fully saturated rings. The molecule has 0 radical (unpaired) electrons. The minimum Gasteiger partial charge on any atom is -0.481 e. The lowest BCUT2D eigenvalue weighted by molar-refractivity contribution is 0.398. The predicted octanol–water partition coefficient (Wildman–Crippen LogP) is 2.88. The minimum absolute atomic E-state index is 0.202. The molecule has 1 heterocycles. The van der Waals surface area contributed by atoms with E-state index >= 15 is 0 Å². The van der Waals surface area contributed by atoms with Crippen molar-refractivity contribution < 1.29 is 9.13 Å². The lowest BCUT2D eigenvalue weighted by Crippen LogP contribution is -2.06. The number of ether oxygens (including phenoxy) is 1. The average molecular weight is 246 g/mol. The molecule has 2 rings (SSSR count). The quantitative estimate of drug-likeness (QED) is 0.880. The van der Waals surface area contributed by atoms with Gasteiger partial charge < -0.3 is 10.1 Å². The van der Waals surface area contributed by atoms with E-state index in [1.807, 2.05) is 18.2 Å². The largest absolute Gasteiger partial charge is 0.481 e. The normalized spacial score (nSPS) is 10.1. The molecule has 0 unspecified atom stereocenters. The molecule has 0 amide bonds. The van der Waals surface area contributed by atoms with Gasteiger partial charge >= 0.3 is 0 Å². The summed E-state index contributed by atoms with van der Waals surface area (Å²) in [5.74, 6) is 1.13. The average Bonchev–Trinajstić information content (AvgIpc) is 2.39. The van der Waals surface area contributed by atoms with Gasteiger partial charge in [0.1, 0.15) is 11.6 Å². The van der Waals surface area contributed by atoms with Gasteiger partial charge in [0.15, 0.2) is 0 Å². The van der Waals surface area contributed by atoms with Crippen molar-refractivity contribution in [1.82, 2.24) is 4.98 Å². The zero-order valence-electron chi connectivity index (χ0n) is 10.2. The first-order chi connectivity index (χ1) is 8.78. The standard InChI is InChI=1S/C14H15FN2O/c1-18-14-7-3-6-13(17-14)16-9-8-11-4-2-5-12(15)10-11/h2-7,10H,8-9H2,1H3,(H,16,17). The number of nitrogens with zero attached hydrogens (tertiary/aromatic N) is 1. The molecular formula is C14H15FN2O. The summed E-state index contributed by atoms with van der Waals surface area (Å²) in [4.78, 5) is 4.23. The Labute approximate surface area is 106 Å². The molecule has 18 heavy (non-hydrogen) atoms. The highest BCUT2D eigenvalue weighted by atomic mass is 19.1. The molecule has 0 bridgehead atoms. The lowest BCUT2D eigenvalue weighted by Gasteiger charge is -2.07. The molecule has 1 aromatic carbocycles. The maximum absolute atomic E-state index is 13.0. The van der Waals surface area contributed by atoms with Gasteiger partial charge in [-0.05, 0) is 30.2 Å². The van der Waals surface area contributed by atoms with Crippen LogP contribution < -0.4 is 10.1 Å². The van der Waals surface area contributed by atoms with Crippen molar-refractivity contribution in [2.75, 3.05) is 19.0 Å². The Morgan fingerprint density at radius 3 is 2.83 bits per heavy atom. The van der Waals surface area contributed by atoms with Gasteiger partial charge in [-0.1, -0.05) is 18.2 Å². The van der Waals surface area contributed by atoms with Crippen molar-refractivity contribution in [3.63, 3.8) is 0 Å². The lowest BCUT2D eigenvalue weighted by atomic mass is 10.1. The second-order valence-electron chi connectivity index (χ2n) is 3.87. The molecule has 0 atom stereocenters. The van der Waals surface area contributed by atoms with Gasteiger partial charge in [0.25, 0.3) is 0 Å². The third-order valence-corrected chi connectivity index (χ3v) is 2.54. The Hall–Kier alpha value is -2.10. The third kappa shape index (κ3) is 3.45. The van der Waals surface area contributed by atoms with Crippen molar-refractivity contribution >= 4 is 5.82 Å². The Kier molecular flexibility index (Phi) is 4.12. The summed E-state index contributed by atoms with van der Waals surface area (Å²) in [7, 11) is 1.58. The molecule has 0 saturated heterocycles. The highest BCUT2D eigenvalue weighted by molar-refractivity contribution is 5.37. The zero-order valence-corrected chi connectivity index (χ0v) is 10.2. The Morgan fingerprint density at radius 2 is 2.06 bits per heavy atom. The van der Waals surface area contributed by atoms with Crippen LogP contribution >= 0.6 is 0 Å². The van der Waals surface area contributed by atoms with Gasteiger partial charge in [-0.25, -0.2) is 4.39 Å². The highest BCUT2D eigenvalue weighted by Gasteiger charge is 1.98. The van der Waals surface area contributed by atoms with Crippen LogP contribution in [0.5, 0.6) is 5.88 Å². The second kappa shape index (κ2) is 6.00. The zero-order chi connectivity index (χ0) is 12.8. The molecular weight excluding hydrogens is 231 g/mol. The SMILES string of the molecule is COc1cccc(NCCc2cccc(F)c2)n1. The summed E-state index contributed by atoms with van der Waals surface area (Å²) in [5.41, 5.74) is 0.963. The summed E-state index contributed by atoms with van der Waals surface area (Å²) in [6.07, 6.45) is 0.747. The maximum atomic E-state index is 13.0. The van der Waals surface area contributed by atoms with E-state index in [1.54, 1.807) is 25.3 Å². The summed E-state index contributed by atoms with van der Waals surface area (Å²) < 4.78 is 18.0. The van der Waals surface area contributed by atoms with Crippen LogP contribution in [-0.2, 0) is 6.42 Å². The number of pyridine rings is 1. The number of benzene rings is 1. The number of aromatic nitrogens is 1. The van der Waals surface area contributed by atoms with E-state index in [2.05, 4.69) is 10.3 Å². The number of anilines is 1. The number of hydrogen-bond acceptors (Lipinski definition) is 3. The fraction of sp³-hybridized carbons (Fsp3) is 0.214. The maximum Gasteiger partial charge on any atom is 0.214 e. The van der Waals surface area contributed by atoms with Crippen LogP contribution in [0.2, 0.25) is 0 Å². The molecule has 0 spiro atoms. The molecule has 3 nitrogen and oxygen atoms in total. The Bertz CT molecular complexity index is 517. The van der Waals surface area contributed by atoms with Crippen LogP contribution in [0.4, 0.5) is 10.2 Å². The predicted molar refractivity (Wildman–Crippen MR) is 69.4 cm³/mol. The molecule has 94 valence electrons. The first-order valence-electron chi connectivity index (χ1n) is 5.77. The number of hydrogen-bond donors (Lipinski definition) is 1. The van der Waals surface area contributed by atoms with Crippen molar-refractivity contribution in [2.45, 2.75) is 6.42 Å². The number of nitrogens with one attached hydrogen (secondary N) is 1. The monoisotopic (exact) mass is 246 g/mol. The van der Waals surface area contributed by atoms with Gasteiger partial charge in [0.05, 0.1) is 7.11 Å². The Balaban J connectivity index is 1.88. The van der Waals surface area contributed by atoms with Crippen LogP contribution in [0.25, 0.3) is 0 Å². The highest BCUT2D eigenvalue weighted by Crippen LogP contribution is 2.11. The topological polar surface area (TPSA) is 34.1 Å². The fourth-order valence-electron chi connectivity index (χ4n) is 1.65. The smallest absolute Gasteiger partial charge is 0.214 e. The van der Waals surface area contributed by atoms with Gasteiger partial charge in [-0.15, -0.1) is 0 Å². The van der Waals surface area contributed by atoms with E-state index < -0.39 is 0 Å². The van der Waals surface area contributed by atoms with Crippen molar-refractivity contribution in [3.05, 3.63) is 53.8 Å². The number of methoxy groups -OCH3 is 1. The van der Waals surface area contributed by atoms with Crippen molar-refractivity contribution in [3.8, 4) is 5.88 Å². The van der Waals surface area contributed by atoms with Crippen molar-refractivity contribution in [1.29, 1.82) is 0 Å². The summed E-state index contributed by atoms with van der Waals surface area (Å²) >= 11 is 0. The molecule has 0 aliphatic carbocycles. The number of rotatable bonds is 5. The van der Waals surface area contributed by atoms with Crippen LogP contribution in [0.15, 0.2) is 42.5 Å². The molecule has 0 saturated carbocycles. The van der Waals surface area contributed by atoms with Crippen LogP contribution in [0, 0.1) is 5.82 Å². The van der Waals surface area contributed by atoms with E-state index in [-0.39, 0.29) is 5.82 Å². The molecule has 0 aliphatic heterocycles. The van der Waals surface area contributed by atoms with E-state index in [0.717, 1.165) is 17.8 Å². The van der Waals surface area contributed by atoms with Crippen molar-refractivity contribution in [2.24, 2.45) is 0 Å². The van der Waals surface area contributed by atoms with E-state index in [0.29, 0.717) is 12.4 Å². The number of halogens is 1.